The first-order chi connectivity index (χ1) is 7.21. The SMILES string of the molecule is CCCC(C)(NCCSC(F)(F)F)C(=O)O. The summed E-state index contributed by atoms with van der Waals surface area (Å²) in [4.78, 5) is 10.9. The third kappa shape index (κ3) is 6.22. The van der Waals surface area contributed by atoms with Crippen LogP contribution in [0, 0.1) is 0 Å². The summed E-state index contributed by atoms with van der Waals surface area (Å²) in [6.07, 6.45) is 1.04. The number of hydrogen-bond donors (Lipinski definition) is 2. The molecule has 0 amide bonds. The molecule has 0 aromatic heterocycles. The van der Waals surface area contributed by atoms with E-state index < -0.39 is 17.0 Å². The lowest BCUT2D eigenvalue weighted by Gasteiger charge is -2.25. The van der Waals surface area contributed by atoms with Crippen molar-refractivity contribution in [3.8, 4) is 0 Å². The molecular weight excluding hydrogens is 243 g/mol. The number of carbonyl (C=O) groups is 1. The average molecular weight is 259 g/mol. The molecule has 1 unspecified atom stereocenters. The lowest BCUT2D eigenvalue weighted by molar-refractivity contribution is -0.144. The van der Waals surface area contributed by atoms with Crippen molar-refractivity contribution in [2.24, 2.45) is 0 Å². The predicted molar refractivity (Wildman–Crippen MR) is 57.5 cm³/mol. The number of rotatable bonds is 7. The van der Waals surface area contributed by atoms with Crippen molar-refractivity contribution in [1.29, 1.82) is 0 Å². The minimum Gasteiger partial charge on any atom is -0.480 e. The van der Waals surface area contributed by atoms with Gasteiger partial charge in [0.1, 0.15) is 5.54 Å². The van der Waals surface area contributed by atoms with Crippen LogP contribution in [0.3, 0.4) is 0 Å². The maximum absolute atomic E-state index is 11.8. The fourth-order valence-electron chi connectivity index (χ4n) is 1.26. The first kappa shape index (κ1) is 15.6. The second-order valence-electron chi connectivity index (χ2n) is 3.61. The van der Waals surface area contributed by atoms with Crippen LogP contribution in [0.2, 0.25) is 0 Å². The third-order valence-electron chi connectivity index (χ3n) is 2.10. The van der Waals surface area contributed by atoms with Crippen molar-refractivity contribution in [3.63, 3.8) is 0 Å². The van der Waals surface area contributed by atoms with Gasteiger partial charge in [0.05, 0.1) is 0 Å². The maximum Gasteiger partial charge on any atom is 0.441 e. The van der Waals surface area contributed by atoms with Gasteiger partial charge in [0.25, 0.3) is 0 Å². The Morgan fingerprint density at radius 1 is 1.44 bits per heavy atom. The second kappa shape index (κ2) is 6.34. The molecule has 0 aromatic rings. The summed E-state index contributed by atoms with van der Waals surface area (Å²) in [7, 11) is 0. The molecule has 16 heavy (non-hydrogen) atoms. The predicted octanol–water partition coefficient (Wildman–Crippen LogP) is 2.47. The van der Waals surface area contributed by atoms with E-state index in [0.29, 0.717) is 12.8 Å². The molecule has 0 aliphatic heterocycles. The number of nitrogens with one attached hydrogen (secondary N) is 1. The first-order valence-electron chi connectivity index (χ1n) is 4.90. The van der Waals surface area contributed by atoms with Gasteiger partial charge in [0.2, 0.25) is 0 Å². The molecule has 0 saturated carbocycles. The van der Waals surface area contributed by atoms with Gasteiger partial charge < -0.3 is 10.4 Å². The van der Waals surface area contributed by atoms with E-state index in [9.17, 15) is 18.0 Å². The molecule has 0 aliphatic rings. The van der Waals surface area contributed by atoms with Gasteiger partial charge in [-0.1, -0.05) is 13.3 Å². The zero-order chi connectivity index (χ0) is 12.8. The van der Waals surface area contributed by atoms with E-state index in [1.807, 2.05) is 6.92 Å². The molecular formula is C9H16F3NO2S. The summed E-state index contributed by atoms with van der Waals surface area (Å²) >= 11 is -0.151. The van der Waals surface area contributed by atoms with Gasteiger partial charge in [-0.05, 0) is 25.1 Å². The van der Waals surface area contributed by atoms with Gasteiger partial charge in [0.15, 0.2) is 0 Å². The van der Waals surface area contributed by atoms with Crippen molar-refractivity contribution in [2.75, 3.05) is 12.3 Å². The minimum atomic E-state index is -4.26. The lowest BCUT2D eigenvalue weighted by atomic mass is 9.96. The molecule has 0 bridgehead atoms. The van der Waals surface area contributed by atoms with E-state index in [1.54, 1.807) is 0 Å². The Bertz CT molecular complexity index is 235. The topological polar surface area (TPSA) is 49.3 Å². The highest BCUT2D eigenvalue weighted by Gasteiger charge is 2.32. The highest BCUT2D eigenvalue weighted by Crippen LogP contribution is 2.29. The van der Waals surface area contributed by atoms with E-state index in [0.717, 1.165) is 0 Å². The van der Waals surface area contributed by atoms with Crippen molar-refractivity contribution in [2.45, 2.75) is 37.7 Å². The van der Waals surface area contributed by atoms with Crippen LogP contribution in [0.5, 0.6) is 0 Å². The molecule has 1 atom stereocenters. The van der Waals surface area contributed by atoms with Gasteiger partial charge in [-0.2, -0.15) is 13.2 Å². The Kier molecular flexibility index (Phi) is 6.17. The van der Waals surface area contributed by atoms with E-state index in [2.05, 4.69) is 5.32 Å². The Balaban J connectivity index is 4.00. The quantitative estimate of drug-likeness (QED) is 0.690. The van der Waals surface area contributed by atoms with Gasteiger partial charge in [-0.25, -0.2) is 0 Å². The zero-order valence-corrected chi connectivity index (χ0v) is 10.0. The Morgan fingerprint density at radius 2 is 2.00 bits per heavy atom. The van der Waals surface area contributed by atoms with Crippen LogP contribution in [-0.2, 0) is 4.79 Å². The molecule has 0 aliphatic carbocycles. The van der Waals surface area contributed by atoms with Crippen LogP contribution >= 0.6 is 11.8 Å². The number of carboxylic acids is 1. The summed E-state index contributed by atoms with van der Waals surface area (Å²) in [6.45, 7) is 3.33. The van der Waals surface area contributed by atoms with Crippen LogP contribution in [0.25, 0.3) is 0 Å². The smallest absolute Gasteiger partial charge is 0.441 e. The number of aliphatic carboxylic acids is 1. The number of halogens is 3. The molecule has 0 rings (SSSR count). The number of thioether (sulfide) groups is 1. The van der Waals surface area contributed by atoms with E-state index in [1.165, 1.54) is 6.92 Å². The maximum atomic E-state index is 11.8. The van der Waals surface area contributed by atoms with Crippen molar-refractivity contribution in [3.05, 3.63) is 0 Å². The molecule has 3 nitrogen and oxygen atoms in total. The minimum absolute atomic E-state index is 0.0208. The number of carboxylic acid groups (broad SMARTS) is 1. The molecule has 7 heteroatoms. The van der Waals surface area contributed by atoms with Gasteiger partial charge in [0, 0.05) is 12.3 Å². The Hall–Kier alpha value is -0.430. The molecule has 0 saturated heterocycles. The molecule has 96 valence electrons. The summed E-state index contributed by atoms with van der Waals surface area (Å²) in [5.74, 6) is -1.22. The van der Waals surface area contributed by atoms with Crippen molar-refractivity contribution >= 4 is 17.7 Å². The van der Waals surface area contributed by atoms with Gasteiger partial charge in [-0.3, -0.25) is 4.79 Å². The summed E-state index contributed by atoms with van der Waals surface area (Å²) < 4.78 is 35.4. The van der Waals surface area contributed by atoms with Crippen LogP contribution < -0.4 is 5.32 Å². The monoisotopic (exact) mass is 259 g/mol. The summed E-state index contributed by atoms with van der Waals surface area (Å²) in [5, 5.41) is 11.6. The third-order valence-corrected chi connectivity index (χ3v) is 2.84. The standard InChI is InChI=1S/C9H16F3NO2S/c1-3-4-8(2,7(14)15)13-5-6-16-9(10,11)12/h13H,3-6H2,1-2H3,(H,14,15). The number of hydrogen-bond acceptors (Lipinski definition) is 3. The van der Waals surface area contributed by atoms with Crippen LogP contribution in [-0.4, -0.2) is 34.4 Å². The van der Waals surface area contributed by atoms with Gasteiger partial charge in [-0.15, -0.1) is 0 Å². The average Bonchev–Trinajstić information content (AvgIpc) is 2.11. The Morgan fingerprint density at radius 3 is 2.38 bits per heavy atom. The first-order valence-corrected chi connectivity index (χ1v) is 5.89. The second-order valence-corrected chi connectivity index (χ2v) is 4.77. The van der Waals surface area contributed by atoms with Crippen molar-refractivity contribution in [1.82, 2.24) is 5.32 Å². The van der Waals surface area contributed by atoms with E-state index in [-0.39, 0.29) is 24.1 Å². The van der Waals surface area contributed by atoms with E-state index >= 15 is 0 Å². The van der Waals surface area contributed by atoms with Gasteiger partial charge >= 0.3 is 11.5 Å². The van der Waals surface area contributed by atoms with Crippen molar-refractivity contribution < 1.29 is 23.1 Å². The highest BCUT2D eigenvalue weighted by atomic mass is 32.2. The highest BCUT2D eigenvalue weighted by molar-refractivity contribution is 8.00. The molecule has 0 fully saturated rings. The molecule has 0 heterocycles. The van der Waals surface area contributed by atoms with Crippen LogP contribution in [0.4, 0.5) is 13.2 Å². The largest absolute Gasteiger partial charge is 0.480 e. The van der Waals surface area contributed by atoms with E-state index in [4.69, 9.17) is 5.11 Å². The van der Waals surface area contributed by atoms with Crippen LogP contribution in [0.1, 0.15) is 26.7 Å². The molecule has 0 aromatic carbocycles. The molecule has 0 radical (unpaired) electrons. The summed E-state index contributed by atoms with van der Waals surface area (Å²) in [5.41, 5.74) is -5.40. The summed E-state index contributed by atoms with van der Waals surface area (Å²) in [6, 6.07) is 0. The Labute approximate surface area is 96.8 Å². The molecule has 0 spiro atoms. The number of alkyl halides is 3. The lowest BCUT2D eigenvalue weighted by Crippen LogP contribution is -2.50. The van der Waals surface area contributed by atoms with Crippen LogP contribution in [0.15, 0.2) is 0 Å². The normalized spacial score (nSPS) is 15.8. The fraction of sp³-hybridized carbons (Fsp3) is 0.889. The molecule has 2 N–H and O–H groups in total. The fourth-order valence-corrected chi connectivity index (χ4v) is 1.70. The zero-order valence-electron chi connectivity index (χ0n) is 9.23.